The van der Waals surface area contributed by atoms with Crippen LogP contribution in [-0.2, 0) is 5.41 Å². The Morgan fingerprint density at radius 1 is 0.275 bits per heavy atom. The minimum atomic E-state index is -0.0735. The summed E-state index contributed by atoms with van der Waals surface area (Å²) in [6, 6.07) is 67.6. The predicted octanol–water partition coefficient (Wildman–Crippen LogP) is 14.1. The maximum atomic E-state index is 2.47. The number of benzene rings is 9. The summed E-state index contributed by atoms with van der Waals surface area (Å²) in [5.41, 5.74) is 15.4. The quantitative estimate of drug-likeness (QED) is 0.167. The largest absolute Gasteiger partial charge is 0.0622 e. The van der Waals surface area contributed by atoms with Gasteiger partial charge in [0.25, 0.3) is 0 Å². The van der Waals surface area contributed by atoms with Gasteiger partial charge in [0.2, 0.25) is 0 Å². The van der Waals surface area contributed by atoms with Gasteiger partial charge in [0.05, 0.1) is 0 Å². The molecule has 0 atom stereocenters. The third-order valence-corrected chi connectivity index (χ3v) is 11.2. The van der Waals surface area contributed by atoms with E-state index in [4.69, 9.17) is 0 Å². The molecule has 51 heavy (non-hydrogen) atoms. The van der Waals surface area contributed by atoms with Crippen LogP contribution < -0.4 is 0 Å². The van der Waals surface area contributed by atoms with Gasteiger partial charge < -0.3 is 0 Å². The van der Waals surface area contributed by atoms with Crippen LogP contribution in [0.1, 0.15) is 25.0 Å². The van der Waals surface area contributed by atoms with Crippen molar-refractivity contribution in [2.24, 2.45) is 0 Å². The monoisotopic (exact) mass is 648 g/mol. The van der Waals surface area contributed by atoms with Gasteiger partial charge in [-0.25, -0.2) is 0 Å². The topological polar surface area (TPSA) is 0 Å². The molecule has 0 unspecified atom stereocenters. The Morgan fingerprint density at radius 2 is 0.824 bits per heavy atom. The van der Waals surface area contributed by atoms with Crippen LogP contribution in [0.3, 0.4) is 0 Å². The van der Waals surface area contributed by atoms with Crippen LogP contribution in [-0.4, -0.2) is 0 Å². The summed E-state index contributed by atoms with van der Waals surface area (Å²) >= 11 is 0. The van der Waals surface area contributed by atoms with Gasteiger partial charge in [-0.1, -0.05) is 159 Å². The lowest BCUT2D eigenvalue weighted by Crippen LogP contribution is -2.14. The molecule has 10 rings (SSSR count). The molecule has 0 spiro atoms. The first-order valence-corrected chi connectivity index (χ1v) is 17.9. The molecule has 1 aliphatic rings. The first kappa shape index (κ1) is 29.7. The zero-order valence-electron chi connectivity index (χ0n) is 28.8. The second kappa shape index (κ2) is 11.4. The van der Waals surface area contributed by atoms with Crippen molar-refractivity contribution in [3.8, 4) is 55.6 Å². The van der Waals surface area contributed by atoms with E-state index in [1.807, 2.05) is 0 Å². The van der Waals surface area contributed by atoms with Crippen LogP contribution in [0.4, 0.5) is 0 Å². The first-order chi connectivity index (χ1) is 25.0. The van der Waals surface area contributed by atoms with Crippen LogP contribution in [0, 0.1) is 0 Å². The normalized spacial score (nSPS) is 13.1. The van der Waals surface area contributed by atoms with E-state index in [-0.39, 0.29) is 5.41 Å². The highest BCUT2D eigenvalue weighted by molar-refractivity contribution is 6.16. The SMILES string of the molecule is CC1(C)c2ccccc2-c2ccc(-c3cc4cc(-c5ccccc5)ccc4c4ccc(-c5cc6ccccc6cc5-c5ccccc5)cc34)cc21. The second-order valence-electron chi connectivity index (χ2n) is 14.5. The lowest BCUT2D eigenvalue weighted by atomic mass is 9.81. The lowest BCUT2D eigenvalue weighted by Gasteiger charge is -2.22. The molecule has 0 fully saturated rings. The fourth-order valence-corrected chi connectivity index (χ4v) is 8.59. The summed E-state index contributed by atoms with van der Waals surface area (Å²) in [7, 11) is 0. The molecule has 9 aromatic rings. The van der Waals surface area contributed by atoms with Gasteiger partial charge in [0, 0.05) is 5.41 Å². The van der Waals surface area contributed by atoms with E-state index in [0.29, 0.717) is 0 Å². The fourth-order valence-electron chi connectivity index (χ4n) is 8.59. The van der Waals surface area contributed by atoms with Gasteiger partial charge in [-0.15, -0.1) is 0 Å². The summed E-state index contributed by atoms with van der Waals surface area (Å²) in [5, 5.41) is 7.58. The Labute approximate surface area is 299 Å². The zero-order valence-corrected chi connectivity index (χ0v) is 28.8. The second-order valence-corrected chi connectivity index (χ2v) is 14.5. The van der Waals surface area contributed by atoms with E-state index in [1.54, 1.807) is 0 Å². The van der Waals surface area contributed by atoms with E-state index < -0.39 is 0 Å². The molecule has 0 radical (unpaired) electrons. The van der Waals surface area contributed by atoms with E-state index in [9.17, 15) is 0 Å². The molecule has 0 aliphatic heterocycles. The minimum Gasteiger partial charge on any atom is -0.0622 e. The summed E-state index contributed by atoms with van der Waals surface area (Å²) in [6.07, 6.45) is 0. The Bertz CT molecular complexity index is 2800. The number of hydrogen-bond acceptors (Lipinski definition) is 0. The molecule has 0 N–H and O–H groups in total. The van der Waals surface area contributed by atoms with Crippen molar-refractivity contribution in [3.05, 3.63) is 193 Å². The van der Waals surface area contributed by atoms with Gasteiger partial charge in [-0.05, 0) is 135 Å². The smallest absolute Gasteiger partial charge is 0.0159 e. The van der Waals surface area contributed by atoms with Crippen LogP contribution in [0.25, 0.3) is 88.0 Å². The van der Waals surface area contributed by atoms with Gasteiger partial charge in [-0.2, -0.15) is 0 Å². The molecule has 0 aromatic heterocycles. The molecule has 0 heteroatoms. The summed E-state index contributed by atoms with van der Waals surface area (Å²) < 4.78 is 0. The molecule has 0 bridgehead atoms. The first-order valence-electron chi connectivity index (χ1n) is 17.9. The van der Waals surface area contributed by atoms with Crippen LogP contribution in [0.5, 0.6) is 0 Å². The molecule has 0 nitrogen and oxygen atoms in total. The molecule has 9 aromatic carbocycles. The Morgan fingerprint density at radius 3 is 1.59 bits per heavy atom. The van der Waals surface area contributed by atoms with Crippen LogP contribution in [0.15, 0.2) is 182 Å². The fraction of sp³-hybridized carbons (Fsp3) is 0.0588. The highest BCUT2D eigenvalue weighted by atomic mass is 14.4. The number of hydrogen-bond donors (Lipinski definition) is 0. The van der Waals surface area contributed by atoms with E-state index in [2.05, 4.69) is 196 Å². The van der Waals surface area contributed by atoms with Crippen molar-refractivity contribution in [1.29, 1.82) is 0 Å². The standard InChI is InChI=1S/C51H36/c1-51(2)49-20-12-11-19-43(49)44-26-23-39(32-50(44)51)47-31-40-27-37(33-13-5-3-6-14-33)21-24-41(40)42-25-22-38(30-48(42)47)46-29-36-18-10-9-17-35(36)28-45(46)34-15-7-4-8-16-34/h3-32H,1-2H3. The molecule has 240 valence electrons. The zero-order chi connectivity index (χ0) is 34.1. The minimum absolute atomic E-state index is 0.0735. The molecular weight excluding hydrogens is 613 g/mol. The van der Waals surface area contributed by atoms with Crippen molar-refractivity contribution >= 4 is 32.3 Å². The van der Waals surface area contributed by atoms with Gasteiger partial charge >= 0.3 is 0 Å². The van der Waals surface area contributed by atoms with E-state index >= 15 is 0 Å². The van der Waals surface area contributed by atoms with Gasteiger partial charge in [-0.3, -0.25) is 0 Å². The molecular formula is C51H36. The van der Waals surface area contributed by atoms with Crippen LogP contribution >= 0.6 is 0 Å². The molecule has 0 heterocycles. The van der Waals surface area contributed by atoms with Crippen molar-refractivity contribution < 1.29 is 0 Å². The molecule has 0 amide bonds. The van der Waals surface area contributed by atoms with Crippen LogP contribution in [0.2, 0.25) is 0 Å². The highest BCUT2D eigenvalue weighted by Gasteiger charge is 2.35. The van der Waals surface area contributed by atoms with E-state index in [1.165, 1.54) is 99.1 Å². The van der Waals surface area contributed by atoms with Gasteiger partial charge in [0.15, 0.2) is 0 Å². The van der Waals surface area contributed by atoms with Crippen molar-refractivity contribution in [2.45, 2.75) is 19.3 Å². The Balaban J connectivity index is 1.24. The molecule has 0 saturated heterocycles. The van der Waals surface area contributed by atoms with Crippen molar-refractivity contribution in [3.63, 3.8) is 0 Å². The molecule has 1 aliphatic carbocycles. The third-order valence-electron chi connectivity index (χ3n) is 11.2. The molecule has 0 saturated carbocycles. The van der Waals surface area contributed by atoms with Gasteiger partial charge in [0.1, 0.15) is 0 Å². The summed E-state index contributed by atoms with van der Waals surface area (Å²) in [5.74, 6) is 0. The average Bonchev–Trinajstić information content (AvgIpc) is 3.42. The Kier molecular flexibility index (Phi) is 6.63. The number of fused-ring (bicyclic) bond motifs is 7. The summed E-state index contributed by atoms with van der Waals surface area (Å²) in [6.45, 7) is 4.74. The summed E-state index contributed by atoms with van der Waals surface area (Å²) in [4.78, 5) is 0. The Hall–Kier alpha value is -6.24. The van der Waals surface area contributed by atoms with Crippen molar-refractivity contribution in [2.75, 3.05) is 0 Å². The highest BCUT2D eigenvalue weighted by Crippen LogP contribution is 2.50. The third kappa shape index (κ3) is 4.75. The van der Waals surface area contributed by atoms with E-state index in [0.717, 1.165) is 0 Å². The maximum Gasteiger partial charge on any atom is 0.0159 e. The average molecular weight is 649 g/mol. The lowest BCUT2D eigenvalue weighted by molar-refractivity contribution is 0.660. The van der Waals surface area contributed by atoms with Crippen molar-refractivity contribution in [1.82, 2.24) is 0 Å². The number of rotatable bonds is 4. The maximum absolute atomic E-state index is 2.47. The predicted molar refractivity (Wildman–Crippen MR) is 218 cm³/mol.